The maximum Gasteiger partial charge on any atom is 0.255 e. The van der Waals surface area contributed by atoms with Crippen LogP contribution in [-0.2, 0) is 0 Å². The second kappa shape index (κ2) is 8.47. The summed E-state index contributed by atoms with van der Waals surface area (Å²) in [5.74, 6) is -0.134. The standard InChI is InChI=1S/C20H20BrN3OS/c1-3-24(4-2)20-23-18(13-26-20)14-7-6-10-17(12-14)22-19(25)15-8-5-9-16(21)11-15/h5-13H,3-4H2,1-2H3,(H,22,25). The normalized spacial score (nSPS) is 10.6. The average Bonchev–Trinajstić information content (AvgIpc) is 3.13. The molecule has 3 rings (SSSR count). The maximum absolute atomic E-state index is 12.4. The van der Waals surface area contributed by atoms with Crippen LogP contribution in [-0.4, -0.2) is 24.0 Å². The summed E-state index contributed by atoms with van der Waals surface area (Å²) >= 11 is 5.03. The van der Waals surface area contributed by atoms with E-state index in [0.29, 0.717) is 5.56 Å². The molecule has 0 bridgehead atoms. The number of amides is 1. The molecule has 0 aliphatic rings. The number of aromatic nitrogens is 1. The average molecular weight is 430 g/mol. The van der Waals surface area contributed by atoms with Crippen molar-refractivity contribution in [3.8, 4) is 11.3 Å². The van der Waals surface area contributed by atoms with Gasteiger partial charge in [0.05, 0.1) is 5.69 Å². The van der Waals surface area contributed by atoms with E-state index in [9.17, 15) is 4.79 Å². The van der Waals surface area contributed by atoms with Crippen LogP contribution in [0.2, 0.25) is 0 Å². The molecule has 0 aliphatic carbocycles. The minimum atomic E-state index is -0.134. The van der Waals surface area contributed by atoms with Crippen molar-refractivity contribution in [1.82, 2.24) is 4.98 Å². The van der Waals surface area contributed by atoms with Gasteiger partial charge in [0.25, 0.3) is 5.91 Å². The number of nitrogens with one attached hydrogen (secondary N) is 1. The van der Waals surface area contributed by atoms with Crippen LogP contribution in [0.25, 0.3) is 11.3 Å². The highest BCUT2D eigenvalue weighted by atomic mass is 79.9. The lowest BCUT2D eigenvalue weighted by Gasteiger charge is -2.16. The zero-order chi connectivity index (χ0) is 18.5. The van der Waals surface area contributed by atoms with E-state index in [1.54, 1.807) is 23.5 Å². The largest absolute Gasteiger partial charge is 0.349 e. The molecule has 0 saturated heterocycles. The van der Waals surface area contributed by atoms with Gasteiger partial charge >= 0.3 is 0 Å². The van der Waals surface area contributed by atoms with Crippen molar-refractivity contribution in [2.75, 3.05) is 23.3 Å². The van der Waals surface area contributed by atoms with Crippen LogP contribution in [0.4, 0.5) is 10.8 Å². The number of nitrogens with zero attached hydrogens (tertiary/aromatic N) is 2. The number of carbonyl (C=O) groups is 1. The Bertz CT molecular complexity index is 905. The number of anilines is 2. The van der Waals surface area contributed by atoms with E-state index >= 15 is 0 Å². The SMILES string of the molecule is CCN(CC)c1nc(-c2cccc(NC(=O)c3cccc(Br)c3)c2)cs1. The highest BCUT2D eigenvalue weighted by Gasteiger charge is 2.11. The number of thiazole rings is 1. The number of carbonyl (C=O) groups excluding carboxylic acids is 1. The second-order valence-corrected chi connectivity index (χ2v) is 7.49. The first kappa shape index (κ1) is 18.6. The first-order valence-corrected chi connectivity index (χ1v) is 10.2. The summed E-state index contributed by atoms with van der Waals surface area (Å²) in [5.41, 5.74) is 3.29. The van der Waals surface area contributed by atoms with Gasteiger partial charge in [-0.3, -0.25) is 4.79 Å². The lowest BCUT2D eigenvalue weighted by atomic mass is 10.1. The molecule has 0 aliphatic heterocycles. The van der Waals surface area contributed by atoms with Crippen LogP contribution in [0.1, 0.15) is 24.2 Å². The summed E-state index contributed by atoms with van der Waals surface area (Å²) in [6.07, 6.45) is 0. The first-order valence-electron chi connectivity index (χ1n) is 8.48. The summed E-state index contributed by atoms with van der Waals surface area (Å²) in [4.78, 5) is 19.4. The van der Waals surface area contributed by atoms with Crippen molar-refractivity contribution < 1.29 is 4.79 Å². The molecule has 0 spiro atoms. The Kier molecular flexibility index (Phi) is 6.06. The lowest BCUT2D eigenvalue weighted by molar-refractivity contribution is 0.102. The fourth-order valence-electron chi connectivity index (χ4n) is 2.63. The number of hydrogen-bond acceptors (Lipinski definition) is 4. The van der Waals surface area contributed by atoms with Gasteiger partial charge in [-0.2, -0.15) is 0 Å². The third kappa shape index (κ3) is 4.31. The van der Waals surface area contributed by atoms with Crippen molar-refractivity contribution in [3.05, 3.63) is 63.9 Å². The molecule has 26 heavy (non-hydrogen) atoms. The fourth-order valence-corrected chi connectivity index (χ4v) is 3.99. The van der Waals surface area contributed by atoms with Crippen LogP contribution >= 0.6 is 27.3 Å². The van der Waals surface area contributed by atoms with Crippen molar-refractivity contribution in [3.63, 3.8) is 0 Å². The Labute approximate surface area is 166 Å². The zero-order valence-electron chi connectivity index (χ0n) is 14.7. The van der Waals surface area contributed by atoms with Crippen LogP contribution < -0.4 is 10.2 Å². The van der Waals surface area contributed by atoms with E-state index in [0.717, 1.165) is 39.6 Å². The molecular weight excluding hydrogens is 410 g/mol. The molecule has 1 aromatic heterocycles. The zero-order valence-corrected chi connectivity index (χ0v) is 17.1. The van der Waals surface area contributed by atoms with Gasteiger partial charge in [-0.15, -0.1) is 11.3 Å². The molecule has 6 heteroatoms. The van der Waals surface area contributed by atoms with Crippen molar-refractivity contribution in [1.29, 1.82) is 0 Å². The summed E-state index contributed by atoms with van der Waals surface area (Å²) in [7, 11) is 0. The van der Waals surface area contributed by atoms with E-state index in [4.69, 9.17) is 4.98 Å². The number of hydrogen-bond donors (Lipinski definition) is 1. The van der Waals surface area contributed by atoms with E-state index in [2.05, 4.69) is 45.4 Å². The molecule has 0 atom stereocenters. The lowest BCUT2D eigenvalue weighted by Crippen LogP contribution is -2.21. The van der Waals surface area contributed by atoms with Crippen LogP contribution in [0.5, 0.6) is 0 Å². The summed E-state index contributed by atoms with van der Waals surface area (Å²) < 4.78 is 0.880. The van der Waals surface area contributed by atoms with Gasteiger partial charge in [-0.05, 0) is 44.2 Å². The third-order valence-electron chi connectivity index (χ3n) is 4.03. The second-order valence-electron chi connectivity index (χ2n) is 5.73. The van der Waals surface area contributed by atoms with Crippen LogP contribution in [0.15, 0.2) is 58.4 Å². The van der Waals surface area contributed by atoms with E-state index in [1.807, 2.05) is 36.4 Å². The van der Waals surface area contributed by atoms with Crippen molar-refractivity contribution in [2.45, 2.75) is 13.8 Å². The van der Waals surface area contributed by atoms with E-state index in [1.165, 1.54) is 0 Å². The smallest absolute Gasteiger partial charge is 0.255 e. The van der Waals surface area contributed by atoms with Gasteiger partial charge in [-0.25, -0.2) is 4.98 Å². The molecule has 0 saturated carbocycles. The van der Waals surface area contributed by atoms with E-state index in [-0.39, 0.29) is 5.91 Å². The molecular formula is C20H20BrN3OS. The van der Waals surface area contributed by atoms with Gasteiger partial charge in [0.15, 0.2) is 5.13 Å². The molecule has 0 unspecified atom stereocenters. The Balaban J connectivity index is 1.79. The Hall–Kier alpha value is -2.18. The van der Waals surface area contributed by atoms with Gasteiger partial charge < -0.3 is 10.2 Å². The predicted octanol–water partition coefficient (Wildman–Crippen LogP) is 5.67. The minimum Gasteiger partial charge on any atom is -0.349 e. The molecule has 4 nitrogen and oxygen atoms in total. The van der Waals surface area contributed by atoms with Gasteiger partial charge in [0.1, 0.15) is 0 Å². The highest BCUT2D eigenvalue weighted by Crippen LogP contribution is 2.29. The maximum atomic E-state index is 12.4. The van der Waals surface area contributed by atoms with Crippen molar-refractivity contribution >= 4 is 44.0 Å². The van der Waals surface area contributed by atoms with Gasteiger partial charge in [-0.1, -0.05) is 34.1 Å². The first-order chi connectivity index (χ1) is 12.6. The molecule has 1 amide bonds. The Morgan fingerprint density at radius 2 is 1.92 bits per heavy atom. The van der Waals surface area contributed by atoms with Crippen LogP contribution in [0, 0.1) is 0 Å². The highest BCUT2D eigenvalue weighted by molar-refractivity contribution is 9.10. The number of halogens is 1. The van der Waals surface area contributed by atoms with Gasteiger partial charge in [0.2, 0.25) is 0 Å². The molecule has 0 radical (unpaired) electrons. The summed E-state index contributed by atoms with van der Waals surface area (Å²) in [6, 6.07) is 15.1. The predicted molar refractivity (Wildman–Crippen MR) is 113 cm³/mol. The third-order valence-corrected chi connectivity index (χ3v) is 5.42. The molecule has 1 N–H and O–H groups in total. The number of rotatable bonds is 6. The Morgan fingerprint density at radius 3 is 2.65 bits per heavy atom. The topological polar surface area (TPSA) is 45.2 Å². The minimum absolute atomic E-state index is 0.134. The summed E-state index contributed by atoms with van der Waals surface area (Å²) in [6.45, 7) is 6.13. The molecule has 2 aromatic carbocycles. The summed E-state index contributed by atoms with van der Waals surface area (Å²) in [5, 5.41) is 6.03. The fraction of sp³-hybridized carbons (Fsp3) is 0.200. The van der Waals surface area contributed by atoms with Gasteiger partial charge in [0, 0.05) is 39.8 Å². The molecule has 3 aromatic rings. The Morgan fingerprint density at radius 1 is 1.15 bits per heavy atom. The number of benzene rings is 2. The van der Waals surface area contributed by atoms with Crippen molar-refractivity contribution in [2.24, 2.45) is 0 Å². The monoisotopic (exact) mass is 429 g/mol. The van der Waals surface area contributed by atoms with E-state index < -0.39 is 0 Å². The molecule has 1 heterocycles. The molecule has 0 fully saturated rings. The molecule has 134 valence electrons. The quantitative estimate of drug-likeness (QED) is 0.548. The van der Waals surface area contributed by atoms with Crippen LogP contribution in [0.3, 0.4) is 0 Å².